The summed E-state index contributed by atoms with van der Waals surface area (Å²) in [6.45, 7) is 5.77. The maximum atomic E-state index is 12.4. The van der Waals surface area contributed by atoms with Crippen LogP contribution >= 0.6 is 0 Å². The van der Waals surface area contributed by atoms with Gasteiger partial charge in [0.25, 0.3) is 5.91 Å². The minimum Gasteiger partial charge on any atom is -0.493 e. The molecule has 0 aromatic heterocycles. The summed E-state index contributed by atoms with van der Waals surface area (Å²) in [5, 5.41) is 2.90. The van der Waals surface area contributed by atoms with Crippen molar-refractivity contribution in [2.45, 2.75) is 25.7 Å². The lowest BCUT2D eigenvalue weighted by atomic mass is 10.0. The van der Waals surface area contributed by atoms with Gasteiger partial charge < -0.3 is 19.7 Å². The third kappa shape index (κ3) is 4.75. The van der Waals surface area contributed by atoms with Crippen LogP contribution in [0.25, 0.3) is 0 Å². The zero-order valence-corrected chi connectivity index (χ0v) is 15.0. The molecule has 0 atom stereocenters. The van der Waals surface area contributed by atoms with Gasteiger partial charge in [-0.05, 0) is 31.4 Å². The number of benzene rings is 1. The first-order valence-corrected chi connectivity index (χ1v) is 8.52. The molecule has 0 unspecified atom stereocenters. The van der Waals surface area contributed by atoms with E-state index in [2.05, 4.69) is 11.9 Å². The number of amides is 2. The van der Waals surface area contributed by atoms with Crippen molar-refractivity contribution in [3.63, 3.8) is 0 Å². The first-order chi connectivity index (χ1) is 12.1. The quantitative estimate of drug-likeness (QED) is 0.550. The molecule has 6 heteroatoms. The first-order valence-electron chi connectivity index (χ1n) is 8.52. The molecule has 2 amide bonds. The number of ether oxygens (including phenoxy) is 2. The highest BCUT2D eigenvalue weighted by molar-refractivity contribution is 5.95. The summed E-state index contributed by atoms with van der Waals surface area (Å²) >= 11 is 0. The lowest BCUT2D eigenvalue weighted by molar-refractivity contribution is -0.127. The van der Waals surface area contributed by atoms with E-state index in [0.29, 0.717) is 43.0 Å². The van der Waals surface area contributed by atoms with Crippen LogP contribution in [0.1, 0.15) is 35.2 Å². The number of methoxy groups -OCH3 is 2. The van der Waals surface area contributed by atoms with Crippen molar-refractivity contribution in [1.82, 2.24) is 10.2 Å². The number of hydrogen-bond donors (Lipinski definition) is 1. The molecule has 1 aromatic carbocycles. The highest BCUT2D eigenvalue weighted by atomic mass is 16.5. The summed E-state index contributed by atoms with van der Waals surface area (Å²) in [6.07, 6.45) is 4.65. The van der Waals surface area contributed by atoms with Crippen LogP contribution in [0.3, 0.4) is 0 Å². The molecule has 0 aliphatic carbocycles. The Bertz CT molecular complexity index is 643. The number of carbonyl (C=O) groups is 2. The van der Waals surface area contributed by atoms with Gasteiger partial charge in [-0.25, -0.2) is 0 Å². The van der Waals surface area contributed by atoms with Crippen LogP contribution in [-0.2, 0) is 11.2 Å². The van der Waals surface area contributed by atoms with Crippen molar-refractivity contribution in [2.24, 2.45) is 0 Å². The number of carbonyl (C=O) groups excluding carboxylic acids is 2. The molecule has 0 radical (unpaired) electrons. The minimum absolute atomic E-state index is 0.168. The number of likely N-dealkylation sites (tertiary alicyclic amines) is 1. The number of rotatable bonds is 9. The summed E-state index contributed by atoms with van der Waals surface area (Å²) in [5.41, 5.74) is 1.37. The second kappa shape index (κ2) is 9.11. The standard InChI is InChI=1S/C19H26N2O4/c1-4-7-14-12-15(13-16(24-2)18(14)25-3)19(23)20-9-6-11-21-10-5-8-17(21)22/h4,12-13H,1,5-11H2,2-3H3,(H,20,23). The van der Waals surface area contributed by atoms with E-state index >= 15 is 0 Å². The predicted octanol–water partition coefficient (Wildman–Crippen LogP) is 2.17. The Balaban J connectivity index is 1.97. The summed E-state index contributed by atoms with van der Waals surface area (Å²) in [7, 11) is 3.12. The molecule has 1 aliphatic rings. The number of nitrogens with one attached hydrogen (secondary N) is 1. The van der Waals surface area contributed by atoms with Crippen LogP contribution < -0.4 is 14.8 Å². The molecule has 2 rings (SSSR count). The Morgan fingerprint density at radius 2 is 2.16 bits per heavy atom. The maximum absolute atomic E-state index is 12.4. The van der Waals surface area contributed by atoms with E-state index in [9.17, 15) is 9.59 Å². The monoisotopic (exact) mass is 346 g/mol. The fourth-order valence-corrected chi connectivity index (χ4v) is 3.00. The third-order valence-electron chi connectivity index (χ3n) is 4.24. The van der Waals surface area contributed by atoms with Gasteiger partial charge in [0.2, 0.25) is 5.91 Å². The SMILES string of the molecule is C=CCc1cc(C(=O)NCCCN2CCCC2=O)cc(OC)c1OC. The summed E-state index contributed by atoms with van der Waals surface area (Å²) in [4.78, 5) is 25.8. The van der Waals surface area contributed by atoms with Gasteiger partial charge in [0.15, 0.2) is 11.5 Å². The normalized spacial score (nSPS) is 13.7. The maximum Gasteiger partial charge on any atom is 0.251 e. The van der Waals surface area contributed by atoms with Crippen LogP contribution in [0.4, 0.5) is 0 Å². The highest BCUT2D eigenvalue weighted by Gasteiger charge is 2.19. The van der Waals surface area contributed by atoms with Gasteiger partial charge >= 0.3 is 0 Å². The minimum atomic E-state index is -0.168. The van der Waals surface area contributed by atoms with E-state index < -0.39 is 0 Å². The Morgan fingerprint density at radius 3 is 2.76 bits per heavy atom. The molecule has 0 bridgehead atoms. The third-order valence-corrected chi connectivity index (χ3v) is 4.24. The second-order valence-corrected chi connectivity index (χ2v) is 5.96. The van der Waals surface area contributed by atoms with Gasteiger partial charge in [-0.2, -0.15) is 0 Å². The van der Waals surface area contributed by atoms with E-state index in [1.807, 2.05) is 4.90 Å². The molecule has 1 N–H and O–H groups in total. The Hall–Kier alpha value is -2.50. The van der Waals surface area contributed by atoms with Gasteiger partial charge in [-0.15, -0.1) is 6.58 Å². The molecule has 6 nitrogen and oxygen atoms in total. The van der Waals surface area contributed by atoms with Crippen molar-refractivity contribution in [3.8, 4) is 11.5 Å². The predicted molar refractivity (Wildman–Crippen MR) is 96.2 cm³/mol. The van der Waals surface area contributed by atoms with E-state index in [4.69, 9.17) is 9.47 Å². The zero-order valence-electron chi connectivity index (χ0n) is 15.0. The van der Waals surface area contributed by atoms with Gasteiger partial charge in [-0.3, -0.25) is 9.59 Å². The number of hydrogen-bond acceptors (Lipinski definition) is 4. The molecule has 1 aromatic rings. The van der Waals surface area contributed by atoms with Crippen molar-refractivity contribution >= 4 is 11.8 Å². The van der Waals surface area contributed by atoms with Crippen LogP contribution in [-0.4, -0.2) is 50.6 Å². The van der Waals surface area contributed by atoms with Gasteiger partial charge in [0.1, 0.15) is 0 Å². The average molecular weight is 346 g/mol. The topological polar surface area (TPSA) is 67.9 Å². The van der Waals surface area contributed by atoms with Crippen molar-refractivity contribution in [3.05, 3.63) is 35.9 Å². The average Bonchev–Trinajstić information content (AvgIpc) is 3.03. The molecule has 25 heavy (non-hydrogen) atoms. The number of nitrogens with zero attached hydrogens (tertiary/aromatic N) is 1. The lowest BCUT2D eigenvalue weighted by Gasteiger charge is -2.16. The fourth-order valence-electron chi connectivity index (χ4n) is 3.00. The zero-order chi connectivity index (χ0) is 18.2. The largest absolute Gasteiger partial charge is 0.493 e. The second-order valence-electron chi connectivity index (χ2n) is 5.96. The Labute approximate surface area is 148 Å². The van der Waals surface area contributed by atoms with Gasteiger partial charge in [0, 0.05) is 37.2 Å². The van der Waals surface area contributed by atoms with E-state index in [1.165, 1.54) is 0 Å². The van der Waals surface area contributed by atoms with Crippen LogP contribution in [0.15, 0.2) is 24.8 Å². The molecule has 1 aliphatic heterocycles. The van der Waals surface area contributed by atoms with Crippen molar-refractivity contribution in [1.29, 1.82) is 0 Å². The van der Waals surface area contributed by atoms with Crippen LogP contribution in [0.5, 0.6) is 11.5 Å². The smallest absolute Gasteiger partial charge is 0.251 e. The molecule has 1 fully saturated rings. The molecule has 1 heterocycles. The summed E-state index contributed by atoms with van der Waals surface area (Å²) in [5.74, 6) is 1.18. The van der Waals surface area contributed by atoms with Crippen LogP contribution in [0, 0.1) is 0 Å². The molecular weight excluding hydrogens is 320 g/mol. The molecular formula is C19H26N2O4. The molecule has 1 saturated heterocycles. The lowest BCUT2D eigenvalue weighted by Crippen LogP contribution is -2.30. The summed E-state index contributed by atoms with van der Waals surface area (Å²) in [6, 6.07) is 3.47. The molecule has 0 spiro atoms. The molecule has 136 valence electrons. The van der Waals surface area contributed by atoms with Gasteiger partial charge in [-0.1, -0.05) is 6.08 Å². The number of allylic oxidation sites excluding steroid dienone is 1. The van der Waals surface area contributed by atoms with Gasteiger partial charge in [0.05, 0.1) is 14.2 Å². The van der Waals surface area contributed by atoms with Crippen molar-refractivity contribution < 1.29 is 19.1 Å². The fraction of sp³-hybridized carbons (Fsp3) is 0.474. The Morgan fingerprint density at radius 1 is 1.36 bits per heavy atom. The Kier molecular flexibility index (Phi) is 6.86. The van der Waals surface area contributed by atoms with E-state index in [-0.39, 0.29) is 11.8 Å². The van der Waals surface area contributed by atoms with E-state index in [1.54, 1.807) is 32.4 Å². The first kappa shape index (κ1) is 18.8. The summed E-state index contributed by atoms with van der Waals surface area (Å²) < 4.78 is 10.7. The molecule has 0 saturated carbocycles. The highest BCUT2D eigenvalue weighted by Crippen LogP contribution is 2.33. The van der Waals surface area contributed by atoms with E-state index in [0.717, 1.165) is 24.9 Å². The van der Waals surface area contributed by atoms with Crippen LogP contribution in [0.2, 0.25) is 0 Å². The van der Waals surface area contributed by atoms with Crippen molar-refractivity contribution in [2.75, 3.05) is 33.9 Å².